The number of ether oxygens (including phenoxy) is 2. The van der Waals surface area contributed by atoms with Crippen LogP contribution in [0.3, 0.4) is 0 Å². The minimum absolute atomic E-state index is 0.0513. The largest absolute Gasteiger partial charge is 0.493 e. The standard InChI is InChI=1S/C16H13BrClN3O2/c1-22-15-8-11(12(17)9-16(15)23-7-6-19)10-20-21-14-5-3-2-4-13(14)18/h2-5,8-10,21H,7H2,1H3. The van der Waals surface area contributed by atoms with Crippen molar-refractivity contribution < 1.29 is 9.47 Å². The summed E-state index contributed by atoms with van der Waals surface area (Å²) in [4.78, 5) is 0. The van der Waals surface area contributed by atoms with Crippen LogP contribution in [0.5, 0.6) is 11.5 Å². The molecule has 2 aromatic carbocycles. The molecule has 0 radical (unpaired) electrons. The second-order valence-electron chi connectivity index (χ2n) is 4.32. The number of benzene rings is 2. The number of hydrazone groups is 1. The Bertz CT molecular complexity index is 759. The van der Waals surface area contributed by atoms with Crippen molar-refractivity contribution in [2.75, 3.05) is 19.1 Å². The van der Waals surface area contributed by atoms with E-state index in [1.165, 1.54) is 7.11 Å². The average molecular weight is 395 g/mol. The van der Waals surface area contributed by atoms with Crippen LogP contribution in [-0.2, 0) is 0 Å². The molecule has 0 fully saturated rings. The first-order valence-electron chi connectivity index (χ1n) is 6.56. The number of hydrogen-bond donors (Lipinski definition) is 1. The number of anilines is 1. The van der Waals surface area contributed by atoms with Crippen LogP contribution in [0.1, 0.15) is 5.56 Å². The molecular formula is C16H13BrClN3O2. The predicted molar refractivity (Wildman–Crippen MR) is 94.5 cm³/mol. The molecule has 0 amide bonds. The molecule has 0 aliphatic heterocycles. The van der Waals surface area contributed by atoms with Gasteiger partial charge in [0.05, 0.1) is 24.0 Å². The van der Waals surface area contributed by atoms with Crippen LogP contribution in [0.25, 0.3) is 0 Å². The molecule has 7 heteroatoms. The van der Waals surface area contributed by atoms with Crippen molar-refractivity contribution in [3.05, 3.63) is 51.5 Å². The number of methoxy groups -OCH3 is 1. The zero-order valence-corrected chi connectivity index (χ0v) is 14.6. The molecule has 0 saturated heterocycles. The number of rotatable bonds is 6. The fourth-order valence-corrected chi connectivity index (χ4v) is 2.36. The Hall–Kier alpha value is -2.23. The first-order chi connectivity index (χ1) is 11.2. The second kappa shape index (κ2) is 8.42. The lowest BCUT2D eigenvalue weighted by Gasteiger charge is -2.10. The van der Waals surface area contributed by atoms with Gasteiger partial charge in [0.2, 0.25) is 0 Å². The second-order valence-corrected chi connectivity index (χ2v) is 5.58. The highest BCUT2D eigenvalue weighted by atomic mass is 79.9. The van der Waals surface area contributed by atoms with E-state index in [9.17, 15) is 0 Å². The van der Waals surface area contributed by atoms with Gasteiger partial charge >= 0.3 is 0 Å². The van der Waals surface area contributed by atoms with E-state index in [1.807, 2.05) is 24.3 Å². The SMILES string of the molecule is COc1cc(C=NNc2ccccc2Cl)c(Br)cc1OCC#N. The van der Waals surface area contributed by atoms with Crippen molar-refractivity contribution in [1.29, 1.82) is 5.26 Å². The monoisotopic (exact) mass is 393 g/mol. The van der Waals surface area contributed by atoms with E-state index in [0.717, 1.165) is 10.0 Å². The van der Waals surface area contributed by atoms with Crippen molar-refractivity contribution in [2.45, 2.75) is 0 Å². The Morgan fingerprint density at radius 2 is 2.13 bits per heavy atom. The van der Waals surface area contributed by atoms with Gasteiger partial charge in [-0.3, -0.25) is 5.43 Å². The molecule has 0 spiro atoms. The highest BCUT2D eigenvalue weighted by Gasteiger charge is 2.09. The van der Waals surface area contributed by atoms with Crippen LogP contribution in [0.15, 0.2) is 46.0 Å². The zero-order valence-electron chi connectivity index (χ0n) is 12.2. The van der Waals surface area contributed by atoms with Crippen LogP contribution in [0.2, 0.25) is 5.02 Å². The Kier molecular flexibility index (Phi) is 6.27. The smallest absolute Gasteiger partial charge is 0.174 e. The van der Waals surface area contributed by atoms with E-state index in [1.54, 1.807) is 24.4 Å². The van der Waals surface area contributed by atoms with Gasteiger partial charge in [-0.25, -0.2) is 0 Å². The number of nitriles is 1. The Balaban J connectivity index is 2.18. The number of nitrogens with one attached hydrogen (secondary N) is 1. The molecule has 0 aromatic heterocycles. The van der Waals surface area contributed by atoms with Crippen molar-refractivity contribution in [3.63, 3.8) is 0 Å². The molecule has 0 aliphatic carbocycles. The van der Waals surface area contributed by atoms with Crippen LogP contribution < -0.4 is 14.9 Å². The van der Waals surface area contributed by atoms with Crippen LogP contribution in [0, 0.1) is 11.3 Å². The summed E-state index contributed by atoms with van der Waals surface area (Å²) in [6.07, 6.45) is 1.63. The summed E-state index contributed by atoms with van der Waals surface area (Å²) in [5, 5.41) is 13.3. The average Bonchev–Trinajstić information content (AvgIpc) is 2.56. The maximum Gasteiger partial charge on any atom is 0.174 e. The van der Waals surface area contributed by atoms with Gasteiger partial charge in [0.1, 0.15) is 6.07 Å². The highest BCUT2D eigenvalue weighted by Crippen LogP contribution is 2.33. The molecule has 0 bridgehead atoms. The topological polar surface area (TPSA) is 66.6 Å². The number of para-hydroxylation sites is 1. The number of halogens is 2. The van der Waals surface area contributed by atoms with Gasteiger partial charge in [0, 0.05) is 10.0 Å². The lowest BCUT2D eigenvalue weighted by molar-refractivity contribution is 0.329. The molecule has 2 rings (SSSR count). The summed E-state index contributed by atoms with van der Waals surface area (Å²) in [5.41, 5.74) is 4.37. The summed E-state index contributed by atoms with van der Waals surface area (Å²) in [5.74, 6) is 1.000. The number of nitrogens with zero attached hydrogens (tertiary/aromatic N) is 2. The quantitative estimate of drug-likeness (QED) is 0.580. The molecule has 5 nitrogen and oxygen atoms in total. The summed E-state index contributed by atoms with van der Waals surface area (Å²) < 4.78 is 11.3. The third-order valence-electron chi connectivity index (χ3n) is 2.84. The van der Waals surface area contributed by atoms with Crippen molar-refractivity contribution in [3.8, 4) is 17.6 Å². The third-order valence-corrected chi connectivity index (χ3v) is 3.85. The van der Waals surface area contributed by atoms with Crippen LogP contribution >= 0.6 is 27.5 Å². The maximum absolute atomic E-state index is 8.59. The number of hydrogen-bond acceptors (Lipinski definition) is 5. The van der Waals surface area contributed by atoms with E-state index < -0.39 is 0 Å². The van der Waals surface area contributed by atoms with Gasteiger partial charge in [-0.15, -0.1) is 0 Å². The molecule has 23 heavy (non-hydrogen) atoms. The maximum atomic E-state index is 8.59. The molecular weight excluding hydrogens is 382 g/mol. The van der Waals surface area contributed by atoms with Crippen LogP contribution in [0.4, 0.5) is 5.69 Å². The van der Waals surface area contributed by atoms with E-state index in [4.69, 9.17) is 26.3 Å². The summed E-state index contributed by atoms with van der Waals surface area (Å²) in [6.45, 7) is -0.0513. The Morgan fingerprint density at radius 3 is 2.83 bits per heavy atom. The molecule has 0 heterocycles. The Labute approximate surface area is 147 Å². The summed E-state index contributed by atoms with van der Waals surface area (Å²) in [7, 11) is 1.53. The van der Waals surface area contributed by atoms with E-state index in [-0.39, 0.29) is 6.61 Å². The van der Waals surface area contributed by atoms with Gasteiger partial charge in [0.15, 0.2) is 18.1 Å². The first-order valence-corrected chi connectivity index (χ1v) is 7.73. The molecule has 1 N–H and O–H groups in total. The molecule has 118 valence electrons. The summed E-state index contributed by atoms with van der Waals surface area (Å²) in [6, 6.07) is 12.7. The normalized spacial score (nSPS) is 10.3. The zero-order chi connectivity index (χ0) is 16.7. The van der Waals surface area contributed by atoms with Gasteiger partial charge in [0.25, 0.3) is 0 Å². The minimum atomic E-state index is -0.0513. The molecule has 0 saturated carbocycles. The molecule has 0 aliphatic rings. The first kappa shape index (κ1) is 17.1. The minimum Gasteiger partial charge on any atom is -0.493 e. The van der Waals surface area contributed by atoms with Gasteiger partial charge in [-0.05, 0) is 40.2 Å². The predicted octanol–water partition coefficient (Wildman–Crippen LogP) is 4.46. The fraction of sp³-hybridized carbons (Fsp3) is 0.125. The third kappa shape index (κ3) is 4.62. The fourth-order valence-electron chi connectivity index (χ4n) is 1.76. The Morgan fingerprint density at radius 1 is 1.35 bits per heavy atom. The van der Waals surface area contributed by atoms with Gasteiger partial charge < -0.3 is 9.47 Å². The molecule has 2 aromatic rings. The molecule has 0 unspecified atom stereocenters. The van der Waals surface area contributed by atoms with E-state index in [2.05, 4.69) is 26.5 Å². The van der Waals surface area contributed by atoms with E-state index in [0.29, 0.717) is 22.2 Å². The van der Waals surface area contributed by atoms with Crippen LogP contribution in [-0.4, -0.2) is 19.9 Å². The van der Waals surface area contributed by atoms with E-state index >= 15 is 0 Å². The van der Waals surface area contributed by atoms with Crippen molar-refractivity contribution in [2.24, 2.45) is 5.10 Å². The summed E-state index contributed by atoms with van der Waals surface area (Å²) >= 11 is 9.49. The lowest BCUT2D eigenvalue weighted by atomic mass is 10.2. The molecule has 0 atom stereocenters. The van der Waals surface area contributed by atoms with Gasteiger partial charge in [-0.1, -0.05) is 23.7 Å². The van der Waals surface area contributed by atoms with Crippen molar-refractivity contribution in [1.82, 2.24) is 0 Å². The van der Waals surface area contributed by atoms with Gasteiger partial charge in [-0.2, -0.15) is 10.4 Å². The van der Waals surface area contributed by atoms with Crippen molar-refractivity contribution >= 4 is 39.4 Å². The highest BCUT2D eigenvalue weighted by molar-refractivity contribution is 9.10. The lowest BCUT2D eigenvalue weighted by Crippen LogP contribution is -1.99.